The summed E-state index contributed by atoms with van der Waals surface area (Å²) in [4.78, 5) is 13.6. The van der Waals surface area contributed by atoms with Gasteiger partial charge in [-0.3, -0.25) is 9.52 Å². The molecule has 2 unspecified atom stereocenters. The van der Waals surface area contributed by atoms with Crippen LogP contribution in [0.3, 0.4) is 0 Å². The highest BCUT2D eigenvalue weighted by Gasteiger charge is 2.39. The molecule has 4 rings (SSSR count). The Morgan fingerprint density at radius 1 is 1.17 bits per heavy atom. The number of methoxy groups -OCH3 is 1. The van der Waals surface area contributed by atoms with E-state index in [0.717, 1.165) is 36.3 Å². The van der Waals surface area contributed by atoms with Crippen molar-refractivity contribution in [2.24, 2.45) is 5.92 Å². The number of hydrogen-bond donors (Lipinski definition) is 3. The second-order valence-corrected chi connectivity index (χ2v) is 13.3. The summed E-state index contributed by atoms with van der Waals surface area (Å²) in [6, 6.07) is 13.6. The van der Waals surface area contributed by atoms with Gasteiger partial charge in [0.05, 0.1) is 41.8 Å². The maximum absolute atomic E-state index is 13.6. The predicted octanol–water partition coefficient (Wildman–Crippen LogP) is 6.74. The molecule has 2 atom stereocenters. The van der Waals surface area contributed by atoms with E-state index >= 15 is 0 Å². The average molecular weight is 642 g/mol. The molecular weight excluding hydrogens is 604 g/mol. The number of dihydropyridines is 1. The second-order valence-electron chi connectivity index (χ2n) is 10.6. The van der Waals surface area contributed by atoms with Crippen LogP contribution in [0.15, 0.2) is 63.4 Å². The van der Waals surface area contributed by atoms with Crippen LogP contribution in [0.1, 0.15) is 69.9 Å². The molecule has 2 aromatic rings. The summed E-state index contributed by atoms with van der Waals surface area (Å²) in [5, 5.41) is 16.9. The van der Waals surface area contributed by atoms with Crippen LogP contribution in [-0.2, 0) is 21.4 Å². The number of allylic oxidation sites excluding steroid dienone is 4. The van der Waals surface area contributed by atoms with Gasteiger partial charge in [0.25, 0.3) is 0 Å². The fraction of sp³-hybridized carbons (Fsp3) is 0.419. The van der Waals surface area contributed by atoms with Crippen LogP contribution < -0.4 is 20.1 Å². The van der Waals surface area contributed by atoms with Gasteiger partial charge in [-0.25, -0.2) is 8.42 Å². The summed E-state index contributed by atoms with van der Waals surface area (Å²) in [5.41, 5.74) is 5.19. The van der Waals surface area contributed by atoms with Gasteiger partial charge in [0, 0.05) is 34.4 Å². The molecule has 0 bridgehead atoms. The van der Waals surface area contributed by atoms with Gasteiger partial charge in [-0.15, -0.1) is 0 Å². The maximum atomic E-state index is 13.6. The van der Waals surface area contributed by atoms with Gasteiger partial charge >= 0.3 is 0 Å². The van der Waals surface area contributed by atoms with E-state index in [2.05, 4.69) is 44.3 Å². The number of rotatable bonds is 11. The number of halogens is 1. The Morgan fingerprint density at radius 3 is 2.63 bits per heavy atom. The normalized spacial score (nSPS) is 18.9. The molecule has 41 heavy (non-hydrogen) atoms. The molecule has 2 aromatic carbocycles. The summed E-state index contributed by atoms with van der Waals surface area (Å²) >= 11 is 3.67. The van der Waals surface area contributed by atoms with Gasteiger partial charge in [-0.2, -0.15) is 5.26 Å². The zero-order chi connectivity index (χ0) is 29.7. The van der Waals surface area contributed by atoms with Crippen molar-refractivity contribution in [2.75, 3.05) is 22.9 Å². The van der Waals surface area contributed by atoms with E-state index in [1.807, 2.05) is 44.2 Å². The number of sulfonamides is 1. The van der Waals surface area contributed by atoms with Gasteiger partial charge in [0.15, 0.2) is 5.78 Å². The van der Waals surface area contributed by atoms with Gasteiger partial charge in [-0.05, 0) is 83.4 Å². The Kier molecular flexibility index (Phi) is 9.82. The zero-order valence-corrected chi connectivity index (χ0v) is 26.3. The lowest BCUT2D eigenvalue weighted by molar-refractivity contribution is -0.117. The highest BCUT2D eigenvalue weighted by molar-refractivity contribution is 9.10. The van der Waals surface area contributed by atoms with Crippen molar-refractivity contribution >= 4 is 43.1 Å². The van der Waals surface area contributed by atoms with Crippen LogP contribution in [0.2, 0.25) is 0 Å². The number of ether oxygens (including phenoxy) is 1. The largest absolute Gasteiger partial charge is 0.497 e. The third-order valence-corrected chi connectivity index (χ3v) is 9.62. The summed E-state index contributed by atoms with van der Waals surface area (Å²) in [7, 11) is -2.03. The number of Topliss-reactive ketones (excluding diaryl/α,β-unsaturated/α-hetero) is 1. The molecule has 0 radical (unpaired) electrons. The van der Waals surface area contributed by atoms with Crippen molar-refractivity contribution in [3.8, 4) is 11.8 Å². The molecule has 8 nitrogen and oxygen atoms in total. The summed E-state index contributed by atoms with van der Waals surface area (Å²) < 4.78 is 34.6. The molecule has 3 N–H and O–H groups in total. The number of hydrogen-bond acceptors (Lipinski definition) is 7. The minimum atomic E-state index is -3.64. The first-order valence-corrected chi connectivity index (χ1v) is 16.4. The number of nitrogens with zero attached hydrogens (tertiary/aromatic N) is 1. The SMILES string of the molecule is CCCC1CC(=O)C2=C(C1)NC(C)=C(C#N)C2c1cc(Br)c(NCc2cccc(OC)c2)c(NS(=O)(=O)CCC)c1. The van der Waals surface area contributed by atoms with Crippen LogP contribution in [0.4, 0.5) is 11.4 Å². The van der Waals surface area contributed by atoms with Crippen LogP contribution >= 0.6 is 15.9 Å². The number of ketones is 1. The number of anilines is 2. The summed E-state index contributed by atoms with van der Waals surface area (Å²) in [5.74, 6) is 0.396. The molecule has 218 valence electrons. The molecule has 1 heterocycles. The van der Waals surface area contributed by atoms with Crippen molar-refractivity contribution in [3.63, 3.8) is 0 Å². The molecule has 0 spiro atoms. The Labute approximate surface area is 251 Å². The second kappa shape index (κ2) is 13.1. The third kappa shape index (κ3) is 6.96. The Hall–Kier alpha value is -3.29. The predicted molar refractivity (Wildman–Crippen MR) is 166 cm³/mol. The quantitative estimate of drug-likeness (QED) is 0.249. The maximum Gasteiger partial charge on any atom is 0.232 e. The highest BCUT2D eigenvalue weighted by atomic mass is 79.9. The highest BCUT2D eigenvalue weighted by Crippen LogP contribution is 2.46. The minimum Gasteiger partial charge on any atom is -0.497 e. The monoisotopic (exact) mass is 640 g/mol. The van der Waals surface area contributed by atoms with E-state index in [1.165, 1.54) is 0 Å². The summed E-state index contributed by atoms with van der Waals surface area (Å²) in [6.07, 6.45) is 3.62. The van der Waals surface area contributed by atoms with Crippen molar-refractivity contribution in [1.29, 1.82) is 5.26 Å². The lowest BCUT2D eigenvalue weighted by atomic mass is 9.72. The topological polar surface area (TPSA) is 120 Å². The van der Waals surface area contributed by atoms with Gasteiger partial charge < -0.3 is 15.4 Å². The van der Waals surface area contributed by atoms with Crippen molar-refractivity contribution < 1.29 is 17.9 Å². The number of nitrogens with one attached hydrogen (secondary N) is 3. The van der Waals surface area contributed by atoms with Crippen LogP contribution in [0.5, 0.6) is 5.75 Å². The lowest BCUT2D eigenvalue weighted by Gasteiger charge is -2.36. The molecule has 2 aliphatic rings. The lowest BCUT2D eigenvalue weighted by Crippen LogP contribution is -2.34. The van der Waals surface area contributed by atoms with Crippen molar-refractivity contribution in [2.45, 2.75) is 65.3 Å². The first kappa shape index (κ1) is 30.7. The van der Waals surface area contributed by atoms with Crippen LogP contribution in [0, 0.1) is 17.2 Å². The molecule has 0 saturated carbocycles. The molecular formula is C31H37BrN4O4S. The fourth-order valence-electron chi connectivity index (χ4n) is 5.73. The van der Waals surface area contributed by atoms with Gasteiger partial charge in [-0.1, -0.05) is 32.4 Å². The zero-order valence-electron chi connectivity index (χ0n) is 23.9. The van der Waals surface area contributed by atoms with Crippen molar-refractivity contribution in [1.82, 2.24) is 5.32 Å². The number of nitriles is 1. The molecule has 0 saturated heterocycles. The van der Waals surface area contributed by atoms with E-state index in [9.17, 15) is 18.5 Å². The molecule has 1 aliphatic carbocycles. The Balaban J connectivity index is 1.81. The van der Waals surface area contributed by atoms with E-state index < -0.39 is 15.9 Å². The number of carbonyl (C=O) groups is 1. The molecule has 1 aliphatic heterocycles. The fourth-order valence-corrected chi connectivity index (χ4v) is 7.48. The van der Waals surface area contributed by atoms with Gasteiger partial charge in [0.2, 0.25) is 10.0 Å². The average Bonchev–Trinajstić information content (AvgIpc) is 2.91. The Bertz CT molecular complexity index is 1540. The van der Waals surface area contributed by atoms with E-state index in [0.29, 0.717) is 57.6 Å². The molecule has 0 fully saturated rings. The standard InChI is InChI=1S/C31H37BrN4O4S/c1-5-8-20-13-26-30(28(37)14-20)29(24(17-33)19(3)35-26)22-15-25(32)31(27(16-22)36-41(38,39)11-6-2)34-18-21-9-7-10-23(12-21)40-4/h7,9-10,12,15-16,20,29,34-36H,5-6,8,11,13-14,18H2,1-4H3. The molecule has 0 amide bonds. The molecule has 0 aromatic heterocycles. The molecule has 10 heteroatoms. The van der Waals surface area contributed by atoms with Gasteiger partial charge in [0.1, 0.15) is 5.75 Å². The Morgan fingerprint density at radius 2 is 1.95 bits per heavy atom. The third-order valence-electron chi connectivity index (χ3n) is 7.52. The van der Waals surface area contributed by atoms with Crippen molar-refractivity contribution in [3.05, 3.63) is 74.5 Å². The minimum absolute atomic E-state index is 0.0342. The van der Waals surface area contributed by atoms with E-state index in [-0.39, 0.29) is 17.5 Å². The number of benzene rings is 2. The smallest absolute Gasteiger partial charge is 0.232 e. The van der Waals surface area contributed by atoms with Crippen LogP contribution in [-0.4, -0.2) is 27.1 Å². The van der Waals surface area contributed by atoms with E-state index in [1.54, 1.807) is 13.2 Å². The first-order valence-electron chi connectivity index (χ1n) is 14.0. The van der Waals surface area contributed by atoms with Crippen LogP contribution in [0.25, 0.3) is 0 Å². The van der Waals surface area contributed by atoms with E-state index in [4.69, 9.17) is 4.74 Å². The first-order chi connectivity index (χ1) is 19.6. The summed E-state index contributed by atoms with van der Waals surface area (Å²) in [6.45, 7) is 6.20. The number of carbonyl (C=O) groups excluding carboxylic acids is 1.